The average molecular weight is 665 g/mol. The quantitative estimate of drug-likeness (QED) is 0.244. The van der Waals surface area contributed by atoms with Gasteiger partial charge in [0.2, 0.25) is 0 Å². The molecule has 0 spiro atoms. The minimum atomic E-state index is -0.556. The first-order valence-electron chi connectivity index (χ1n) is 15.9. The van der Waals surface area contributed by atoms with E-state index in [1.165, 1.54) is 11.1 Å². The van der Waals surface area contributed by atoms with Crippen molar-refractivity contribution in [3.63, 3.8) is 0 Å². The minimum Gasteiger partial charge on any atom is -0.400 e. The Bertz CT molecular complexity index is 1450. The maximum atomic E-state index is 6.81. The maximum absolute atomic E-state index is 6.81. The Kier molecular flexibility index (Phi) is 11.0. The van der Waals surface area contributed by atoms with E-state index in [4.69, 9.17) is 23.4 Å². The molecule has 7 rings (SSSR count). The molecule has 0 unspecified atom stereocenters. The van der Waals surface area contributed by atoms with Crippen molar-refractivity contribution in [3.8, 4) is 0 Å². The van der Waals surface area contributed by atoms with Gasteiger partial charge < -0.3 is 30.8 Å². The third-order valence-electron chi connectivity index (χ3n) is 10.4. The van der Waals surface area contributed by atoms with Crippen molar-refractivity contribution in [2.45, 2.75) is 77.8 Å². The summed E-state index contributed by atoms with van der Waals surface area (Å²) in [5.41, 5.74) is 4.90. The molecule has 0 aromatic heterocycles. The molecule has 3 aliphatic heterocycles. The van der Waals surface area contributed by atoms with Crippen LogP contribution in [0.4, 0.5) is 0 Å². The predicted octanol–water partition coefficient (Wildman–Crippen LogP) is 8.20. The summed E-state index contributed by atoms with van der Waals surface area (Å²) < 4.78 is 33.4. The first-order chi connectivity index (χ1) is 20.8. The van der Waals surface area contributed by atoms with Crippen LogP contribution in [-0.2, 0) is 40.1 Å². The SMILES string of the molecule is CC1(C)OB(C2=C(c3ccccc3)[C@H]3COC[C@H]3C(B3OC(C)(C)C(C)(C)O3)=C2c2ccccc2)OC1(C)C.[CH3-].[CH]1C=CC=C1.[Co]. The van der Waals surface area contributed by atoms with Crippen molar-refractivity contribution in [3.05, 3.63) is 121 Å². The number of benzene rings is 2. The number of fused-ring (bicyclic) bond motifs is 1. The smallest absolute Gasteiger partial charge is 0.400 e. The fourth-order valence-corrected chi connectivity index (χ4v) is 6.52. The molecule has 0 amide bonds. The topological polar surface area (TPSA) is 46.2 Å². The Morgan fingerprint density at radius 2 is 1.00 bits per heavy atom. The zero-order valence-corrected chi connectivity index (χ0v) is 29.8. The molecule has 2 aromatic carbocycles. The van der Waals surface area contributed by atoms with E-state index in [1.54, 1.807) is 0 Å². The van der Waals surface area contributed by atoms with Crippen LogP contribution in [0, 0.1) is 25.7 Å². The van der Waals surface area contributed by atoms with Gasteiger partial charge in [-0.25, -0.2) is 0 Å². The van der Waals surface area contributed by atoms with E-state index in [2.05, 4.69) is 116 Å². The summed E-state index contributed by atoms with van der Waals surface area (Å²) in [6.07, 6.45) is 10.0. The Balaban J connectivity index is 0.000000628. The second-order valence-electron chi connectivity index (χ2n) is 14.3. The van der Waals surface area contributed by atoms with Crippen LogP contribution in [0.2, 0.25) is 0 Å². The Hall–Kier alpha value is -2.16. The van der Waals surface area contributed by atoms with Gasteiger partial charge in [0.15, 0.2) is 0 Å². The molecule has 2 atom stereocenters. The normalized spacial score (nSPS) is 26.3. The molecule has 3 saturated heterocycles. The molecular formula is C38H48B2CoO5-. The van der Waals surface area contributed by atoms with Gasteiger partial charge in [-0.15, -0.1) is 0 Å². The monoisotopic (exact) mass is 665 g/mol. The third-order valence-corrected chi connectivity index (χ3v) is 10.4. The molecule has 3 heterocycles. The molecule has 0 saturated carbocycles. The molecule has 246 valence electrons. The summed E-state index contributed by atoms with van der Waals surface area (Å²) in [5, 5.41) is 0. The zero-order chi connectivity index (χ0) is 31.3. The maximum Gasteiger partial charge on any atom is 0.495 e. The third kappa shape index (κ3) is 6.60. The number of rotatable bonds is 4. The van der Waals surface area contributed by atoms with Gasteiger partial charge >= 0.3 is 14.2 Å². The molecule has 0 N–H and O–H groups in total. The van der Waals surface area contributed by atoms with E-state index in [1.807, 2.05) is 30.7 Å². The van der Waals surface area contributed by atoms with E-state index in [9.17, 15) is 0 Å². The fourth-order valence-electron chi connectivity index (χ4n) is 6.52. The van der Waals surface area contributed by atoms with Crippen molar-refractivity contribution in [1.82, 2.24) is 0 Å². The van der Waals surface area contributed by atoms with Crippen LogP contribution in [0.5, 0.6) is 0 Å². The van der Waals surface area contributed by atoms with Gasteiger partial charge in [0.05, 0.1) is 35.6 Å². The van der Waals surface area contributed by atoms with Crippen LogP contribution in [0.25, 0.3) is 11.1 Å². The van der Waals surface area contributed by atoms with E-state index < -0.39 is 36.6 Å². The van der Waals surface area contributed by atoms with Gasteiger partial charge in [0.1, 0.15) is 0 Å². The molecule has 8 heteroatoms. The Labute approximate surface area is 288 Å². The average Bonchev–Trinajstić information content (AvgIpc) is 3.77. The van der Waals surface area contributed by atoms with Crippen molar-refractivity contribution in [2.75, 3.05) is 13.2 Å². The Morgan fingerprint density at radius 3 is 1.46 bits per heavy atom. The van der Waals surface area contributed by atoms with Crippen molar-refractivity contribution in [1.29, 1.82) is 0 Å². The number of allylic oxidation sites excluding steroid dienone is 6. The largest absolute Gasteiger partial charge is 0.495 e. The summed E-state index contributed by atoms with van der Waals surface area (Å²) in [7, 11) is -1.06. The molecule has 5 nitrogen and oxygen atoms in total. The molecule has 3 fully saturated rings. The van der Waals surface area contributed by atoms with E-state index in [0.29, 0.717) is 13.2 Å². The van der Waals surface area contributed by atoms with Gasteiger partial charge in [0, 0.05) is 35.0 Å². The molecule has 5 aliphatic rings. The summed E-state index contributed by atoms with van der Waals surface area (Å²) >= 11 is 0. The van der Waals surface area contributed by atoms with Gasteiger partial charge in [-0.05, 0) is 88.6 Å². The molecule has 2 aromatic rings. The molecule has 0 bridgehead atoms. The van der Waals surface area contributed by atoms with Gasteiger partial charge in [-0.3, -0.25) is 0 Å². The first kappa shape index (κ1) is 36.7. The van der Waals surface area contributed by atoms with Crippen molar-refractivity contribution >= 4 is 25.4 Å². The molecule has 46 heavy (non-hydrogen) atoms. The minimum absolute atomic E-state index is 0. The van der Waals surface area contributed by atoms with E-state index in [0.717, 1.165) is 22.1 Å². The van der Waals surface area contributed by atoms with Gasteiger partial charge in [0.25, 0.3) is 0 Å². The number of ether oxygens (including phenoxy) is 1. The van der Waals surface area contributed by atoms with Crippen LogP contribution >= 0.6 is 0 Å². The van der Waals surface area contributed by atoms with Crippen molar-refractivity contribution < 1.29 is 40.1 Å². The van der Waals surface area contributed by atoms with Crippen molar-refractivity contribution in [2.24, 2.45) is 11.8 Å². The van der Waals surface area contributed by atoms with Gasteiger partial charge in [-0.1, -0.05) is 85.0 Å². The van der Waals surface area contributed by atoms with Crippen LogP contribution in [0.1, 0.15) is 66.5 Å². The predicted molar refractivity (Wildman–Crippen MR) is 186 cm³/mol. The zero-order valence-electron chi connectivity index (χ0n) is 28.8. The number of hydrogen-bond donors (Lipinski definition) is 0. The molecular weight excluding hydrogens is 617 g/mol. The Morgan fingerprint density at radius 1 is 0.565 bits per heavy atom. The summed E-state index contributed by atoms with van der Waals surface area (Å²) in [5.74, 6) is 0.235. The van der Waals surface area contributed by atoms with Crippen LogP contribution < -0.4 is 0 Å². The summed E-state index contributed by atoms with van der Waals surface area (Å²) in [4.78, 5) is 0. The van der Waals surface area contributed by atoms with E-state index in [-0.39, 0.29) is 36.0 Å². The van der Waals surface area contributed by atoms with Crippen LogP contribution in [-0.4, -0.2) is 49.9 Å². The van der Waals surface area contributed by atoms with Crippen LogP contribution in [0.15, 0.2) is 95.9 Å². The standard InChI is InChI=1S/C32H40B2O5.C5H5.CH3.Co/c1-29(2)30(3,4)37-33(36-29)27-24-20-35-19-23(24)25(21-15-11-9-12-16-21)28(26(27)22-17-13-10-14-18-22)34-38-31(5,6)32(7,8)39-34;1-2-4-5-3-1;;/h9-18,23-24H,19-20H2,1-8H3;1-5H;1H3;/q;;-1;/t23-,24+;;;/m0.../s1. The molecule has 2 aliphatic carbocycles. The van der Waals surface area contributed by atoms with Gasteiger partial charge in [-0.2, -0.15) is 0 Å². The molecule has 2 radical (unpaired) electrons. The second kappa shape index (κ2) is 13.8. The summed E-state index contributed by atoms with van der Waals surface area (Å²) in [6, 6.07) is 21.2. The first-order valence-corrected chi connectivity index (χ1v) is 15.9. The fraction of sp³-hybridized carbons (Fsp3) is 0.421. The second-order valence-corrected chi connectivity index (χ2v) is 14.3. The summed E-state index contributed by atoms with van der Waals surface area (Å²) in [6.45, 7) is 18.1. The number of hydrogen-bond acceptors (Lipinski definition) is 5. The van der Waals surface area contributed by atoms with Crippen LogP contribution in [0.3, 0.4) is 0 Å². The van der Waals surface area contributed by atoms with E-state index >= 15 is 0 Å².